The van der Waals surface area contributed by atoms with Crippen LogP contribution in [0.3, 0.4) is 0 Å². The summed E-state index contributed by atoms with van der Waals surface area (Å²) < 4.78 is 0. The third-order valence-electron chi connectivity index (χ3n) is 3.54. The van der Waals surface area contributed by atoms with E-state index < -0.39 is 0 Å². The Kier molecular flexibility index (Phi) is 7.11. The second kappa shape index (κ2) is 8.11. The zero-order chi connectivity index (χ0) is 11.8. The maximum absolute atomic E-state index is 3.70. The molecule has 1 nitrogen and oxygen atoms in total. The van der Waals surface area contributed by atoms with Gasteiger partial charge in [-0.3, -0.25) is 0 Å². The van der Waals surface area contributed by atoms with Crippen molar-refractivity contribution in [1.29, 1.82) is 0 Å². The van der Waals surface area contributed by atoms with Crippen LogP contribution in [-0.2, 0) is 0 Å². The first-order chi connectivity index (χ1) is 7.72. The van der Waals surface area contributed by atoms with Crippen molar-refractivity contribution in [1.82, 2.24) is 5.32 Å². The summed E-state index contributed by atoms with van der Waals surface area (Å²) in [5.74, 6) is 1.79. The van der Waals surface area contributed by atoms with Gasteiger partial charge < -0.3 is 5.32 Å². The molecule has 0 aromatic rings. The Labute approximate surface area is 102 Å². The van der Waals surface area contributed by atoms with Gasteiger partial charge in [-0.2, -0.15) is 0 Å². The van der Waals surface area contributed by atoms with Gasteiger partial charge in [-0.05, 0) is 44.1 Å². The van der Waals surface area contributed by atoms with E-state index in [2.05, 4.69) is 26.1 Å². The minimum Gasteiger partial charge on any atom is -0.314 e. The lowest BCUT2D eigenvalue weighted by Gasteiger charge is -2.19. The zero-order valence-corrected chi connectivity index (χ0v) is 11.6. The van der Waals surface area contributed by atoms with Crippen molar-refractivity contribution in [2.24, 2.45) is 11.8 Å². The highest BCUT2D eigenvalue weighted by Gasteiger charge is 2.21. The standard InChI is InChI=1S/C15H31N/c1-4-5-6-7-8-14(11-13(2)3)12-16-15-9-10-15/h13-16H,4-12H2,1-3H3. The molecule has 1 saturated carbocycles. The molecule has 0 aliphatic heterocycles. The van der Waals surface area contributed by atoms with Crippen LogP contribution < -0.4 is 5.32 Å². The van der Waals surface area contributed by atoms with Crippen LogP contribution in [0.4, 0.5) is 0 Å². The summed E-state index contributed by atoms with van der Waals surface area (Å²) in [4.78, 5) is 0. The van der Waals surface area contributed by atoms with Gasteiger partial charge in [0.1, 0.15) is 0 Å². The van der Waals surface area contributed by atoms with Crippen molar-refractivity contribution < 1.29 is 0 Å². The molecule has 0 heterocycles. The maximum Gasteiger partial charge on any atom is 0.00683 e. The third kappa shape index (κ3) is 7.27. The van der Waals surface area contributed by atoms with E-state index in [1.54, 1.807) is 0 Å². The molecule has 1 aliphatic rings. The predicted octanol–water partition coefficient (Wildman–Crippen LogP) is 4.37. The summed E-state index contributed by atoms with van der Waals surface area (Å²) >= 11 is 0. The van der Waals surface area contributed by atoms with Gasteiger partial charge >= 0.3 is 0 Å². The van der Waals surface area contributed by atoms with Crippen molar-refractivity contribution in [3.63, 3.8) is 0 Å². The van der Waals surface area contributed by atoms with Crippen molar-refractivity contribution in [2.45, 2.75) is 78.2 Å². The van der Waals surface area contributed by atoms with E-state index in [9.17, 15) is 0 Å². The fourth-order valence-electron chi connectivity index (χ4n) is 2.45. The quantitative estimate of drug-likeness (QED) is 0.544. The molecule has 1 unspecified atom stereocenters. The van der Waals surface area contributed by atoms with Crippen LogP contribution in [0.2, 0.25) is 0 Å². The molecule has 1 heteroatoms. The van der Waals surface area contributed by atoms with E-state index in [1.165, 1.54) is 57.9 Å². The van der Waals surface area contributed by atoms with Crippen molar-refractivity contribution in [3.05, 3.63) is 0 Å². The Bertz CT molecular complexity index is 161. The van der Waals surface area contributed by atoms with Crippen LogP contribution in [-0.4, -0.2) is 12.6 Å². The Morgan fingerprint density at radius 1 is 1.12 bits per heavy atom. The molecular weight excluding hydrogens is 194 g/mol. The topological polar surface area (TPSA) is 12.0 Å². The predicted molar refractivity (Wildman–Crippen MR) is 72.7 cm³/mol. The molecule has 96 valence electrons. The maximum atomic E-state index is 3.70. The Balaban J connectivity index is 2.08. The van der Waals surface area contributed by atoms with Gasteiger partial charge in [-0.25, -0.2) is 0 Å². The number of rotatable bonds is 10. The Hall–Kier alpha value is -0.0400. The molecule has 1 atom stereocenters. The van der Waals surface area contributed by atoms with Gasteiger partial charge in [0.15, 0.2) is 0 Å². The molecule has 0 radical (unpaired) electrons. The van der Waals surface area contributed by atoms with Gasteiger partial charge in [0.05, 0.1) is 0 Å². The van der Waals surface area contributed by atoms with Gasteiger partial charge in [-0.1, -0.05) is 46.5 Å². The van der Waals surface area contributed by atoms with Crippen molar-refractivity contribution in [3.8, 4) is 0 Å². The van der Waals surface area contributed by atoms with Crippen molar-refractivity contribution in [2.75, 3.05) is 6.54 Å². The molecular formula is C15H31N. The lowest BCUT2D eigenvalue weighted by Crippen LogP contribution is -2.25. The number of hydrogen-bond acceptors (Lipinski definition) is 1. The van der Waals surface area contributed by atoms with Gasteiger partial charge in [0.25, 0.3) is 0 Å². The van der Waals surface area contributed by atoms with Crippen LogP contribution in [0.25, 0.3) is 0 Å². The summed E-state index contributed by atoms with van der Waals surface area (Å²) in [7, 11) is 0. The molecule has 0 amide bonds. The number of nitrogens with one attached hydrogen (secondary N) is 1. The van der Waals surface area contributed by atoms with E-state index in [0.29, 0.717) is 0 Å². The average molecular weight is 225 g/mol. The summed E-state index contributed by atoms with van der Waals surface area (Å²) in [6.07, 6.45) is 11.4. The normalized spacial score (nSPS) is 18.0. The molecule has 1 rings (SSSR count). The highest BCUT2D eigenvalue weighted by atomic mass is 14.9. The largest absolute Gasteiger partial charge is 0.314 e. The number of hydrogen-bond donors (Lipinski definition) is 1. The number of unbranched alkanes of at least 4 members (excludes halogenated alkanes) is 3. The minimum atomic E-state index is 0.858. The van der Waals surface area contributed by atoms with Crippen LogP contribution >= 0.6 is 0 Å². The zero-order valence-electron chi connectivity index (χ0n) is 11.6. The highest BCUT2D eigenvalue weighted by Crippen LogP contribution is 2.22. The molecule has 1 aliphatic carbocycles. The Morgan fingerprint density at radius 2 is 1.88 bits per heavy atom. The fourth-order valence-corrected chi connectivity index (χ4v) is 2.45. The molecule has 0 saturated heterocycles. The van der Waals surface area contributed by atoms with Gasteiger partial charge in [-0.15, -0.1) is 0 Å². The van der Waals surface area contributed by atoms with E-state index in [1.807, 2.05) is 0 Å². The molecule has 1 N–H and O–H groups in total. The van der Waals surface area contributed by atoms with E-state index in [-0.39, 0.29) is 0 Å². The van der Waals surface area contributed by atoms with Crippen LogP contribution in [0, 0.1) is 11.8 Å². The Morgan fingerprint density at radius 3 is 2.44 bits per heavy atom. The summed E-state index contributed by atoms with van der Waals surface area (Å²) in [5, 5.41) is 3.70. The summed E-state index contributed by atoms with van der Waals surface area (Å²) in [6.45, 7) is 8.28. The first-order valence-corrected chi connectivity index (χ1v) is 7.45. The SMILES string of the molecule is CCCCCCC(CNC1CC1)CC(C)C. The molecule has 0 aromatic heterocycles. The van der Waals surface area contributed by atoms with Crippen LogP contribution in [0.5, 0.6) is 0 Å². The first kappa shape index (κ1) is 14.0. The third-order valence-corrected chi connectivity index (χ3v) is 3.54. The highest BCUT2D eigenvalue weighted by molar-refractivity contribution is 4.82. The average Bonchev–Trinajstić information content (AvgIpc) is 3.03. The second-order valence-electron chi connectivity index (χ2n) is 6.03. The lowest BCUT2D eigenvalue weighted by molar-refractivity contribution is 0.353. The smallest absolute Gasteiger partial charge is 0.00683 e. The van der Waals surface area contributed by atoms with E-state index in [4.69, 9.17) is 0 Å². The second-order valence-corrected chi connectivity index (χ2v) is 6.03. The van der Waals surface area contributed by atoms with Gasteiger partial charge in [0.2, 0.25) is 0 Å². The van der Waals surface area contributed by atoms with E-state index in [0.717, 1.165) is 17.9 Å². The molecule has 0 bridgehead atoms. The minimum absolute atomic E-state index is 0.858. The fraction of sp³-hybridized carbons (Fsp3) is 1.00. The monoisotopic (exact) mass is 225 g/mol. The lowest BCUT2D eigenvalue weighted by atomic mass is 9.92. The molecule has 16 heavy (non-hydrogen) atoms. The molecule has 1 fully saturated rings. The van der Waals surface area contributed by atoms with Crippen LogP contribution in [0.15, 0.2) is 0 Å². The molecule has 0 spiro atoms. The molecule has 0 aromatic carbocycles. The van der Waals surface area contributed by atoms with Crippen molar-refractivity contribution >= 4 is 0 Å². The summed E-state index contributed by atoms with van der Waals surface area (Å²) in [6, 6.07) is 0.880. The van der Waals surface area contributed by atoms with Gasteiger partial charge in [0, 0.05) is 6.04 Å². The van der Waals surface area contributed by atoms with Crippen LogP contribution in [0.1, 0.15) is 72.1 Å². The first-order valence-electron chi connectivity index (χ1n) is 7.45. The van der Waals surface area contributed by atoms with E-state index >= 15 is 0 Å². The summed E-state index contributed by atoms with van der Waals surface area (Å²) in [5.41, 5.74) is 0.